The third-order valence-corrected chi connectivity index (χ3v) is 14.7. The zero-order chi connectivity index (χ0) is 47.1. The van der Waals surface area contributed by atoms with Crippen molar-refractivity contribution in [3.63, 3.8) is 0 Å². The number of aliphatic imine (C=N–C) groups is 1. The number of aromatic nitrogens is 1. The number of hydrogen-bond donors (Lipinski definition) is 3. The average Bonchev–Trinajstić information content (AvgIpc) is 3.57. The van der Waals surface area contributed by atoms with Crippen molar-refractivity contribution in [2.45, 2.75) is 186 Å². The summed E-state index contributed by atoms with van der Waals surface area (Å²) < 4.78 is 52.1. The van der Waals surface area contributed by atoms with Gasteiger partial charge in [-0.05, 0) is 78.9 Å². The lowest BCUT2D eigenvalue weighted by atomic mass is 9.76. The van der Waals surface area contributed by atoms with Crippen LogP contribution in [-0.4, -0.2) is 149 Å². The minimum atomic E-state index is -1.90. The summed E-state index contributed by atoms with van der Waals surface area (Å²) in [5.74, 6) is -3.86. The Balaban J connectivity index is 1.44. The van der Waals surface area contributed by atoms with Gasteiger partial charge in [-0.2, -0.15) is 4.99 Å². The molecule has 4 aliphatic heterocycles. The third kappa shape index (κ3) is 10.0. The summed E-state index contributed by atoms with van der Waals surface area (Å²) >= 11 is 0. The van der Waals surface area contributed by atoms with Gasteiger partial charge in [-0.3, -0.25) is 14.6 Å². The number of amidine groups is 1. The van der Waals surface area contributed by atoms with Crippen LogP contribution in [0.1, 0.15) is 101 Å². The maximum atomic E-state index is 14.5. The first kappa shape index (κ1) is 50.1. The predicted octanol–water partition coefficient (Wildman–Crippen LogP) is 5.47. The monoisotopic (exact) mass is 900 g/mol. The topological polar surface area (TPSA) is 197 Å². The second-order valence-electron chi connectivity index (χ2n) is 19.6. The van der Waals surface area contributed by atoms with E-state index in [9.17, 15) is 24.9 Å². The van der Waals surface area contributed by atoms with Gasteiger partial charge >= 0.3 is 5.97 Å². The molecule has 5 heterocycles. The normalized spacial score (nSPS) is 43.6. The Morgan fingerprint density at radius 1 is 0.906 bits per heavy atom. The fourth-order valence-electron chi connectivity index (χ4n) is 10.4. The van der Waals surface area contributed by atoms with Crippen molar-refractivity contribution in [1.82, 2.24) is 9.88 Å². The zero-order valence-corrected chi connectivity index (χ0v) is 39.9. The summed E-state index contributed by atoms with van der Waals surface area (Å²) in [6.45, 7) is 17.6. The molecule has 18 atom stereocenters. The number of aliphatic hydroxyl groups excluding tert-OH is 2. The lowest BCUT2D eigenvalue weighted by Crippen LogP contribution is -2.60. The molecule has 4 fully saturated rings. The number of esters is 1. The second kappa shape index (κ2) is 19.9. The lowest BCUT2D eigenvalue weighted by molar-refractivity contribution is -0.315. The molecule has 1 aromatic carbocycles. The Morgan fingerprint density at radius 2 is 1.59 bits per heavy atom. The van der Waals surface area contributed by atoms with E-state index in [0.29, 0.717) is 18.1 Å². The highest BCUT2D eigenvalue weighted by Gasteiger charge is 2.55. The van der Waals surface area contributed by atoms with E-state index in [2.05, 4.69) is 4.98 Å². The number of rotatable bonds is 8. The van der Waals surface area contributed by atoms with Gasteiger partial charge in [0.05, 0.1) is 64.9 Å². The number of carbonyl (C=O) groups excluding carboxylic acids is 2. The molecule has 0 saturated carbocycles. The maximum absolute atomic E-state index is 14.5. The molecule has 0 radical (unpaired) electrons. The van der Waals surface area contributed by atoms with Crippen LogP contribution >= 0.6 is 0 Å². The van der Waals surface area contributed by atoms with Gasteiger partial charge in [-0.15, -0.1) is 0 Å². The molecule has 16 nitrogen and oxygen atoms in total. The molecule has 64 heavy (non-hydrogen) atoms. The SMILES string of the molecule is CC[C@H]1OC(=O)[C@H](C)[C@@H](O[C@H]2C[C@@](C)(OC)[C@@H](O)[C@H](C)O2)[C@H](C)[C@@H](O[C@@H]2O[C@H](C)C[C@H]3[C@H]2OC(=Nc2ccnc4ccccc24)N3C)[C@](C)(OC)C[C@@H](C)C(=O)C[C@H](C)[C@@H](O)[C@]1(C)O. The number of nitrogens with zero attached hydrogens (tertiary/aromatic N) is 3. The Morgan fingerprint density at radius 3 is 2.27 bits per heavy atom. The van der Waals surface area contributed by atoms with Gasteiger partial charge in [0.1, 0.15) is 23.6 Å². The lowest BCUT2D eigenvalue weighted by Gasteiger charge is -2.49. The first-order chi connectivity index (χ1) is 30.1. The van der Waals surface area contributed by atoms with Gasteiger partial charge in [0.15, 0.2) is 18.7 Å². The van der Waals surface area contributed by atoms with Crippen LogP contribution in [0.4, 0.5) is 5.69 Å². The molecular formula is C48H73N3O13. The summed E-state index contributed by atoms with van der Waals surface area (Å²) in [5, 5.41) is 35.3. The van der Waals surface area contributed by atoms with Crippen LogP contribution in [0.3, 0.4) is 0 Å². The molecule has 2 aromatic rings. The number of aliphatic hydroxyl groups is 3. The van der Waals surface area contributed by atoms with Crippen LogP contribution in [-0.2, 0) is 47.5 Å². The molecule has 4 saturated heterocycles. The van der Waals surface area contributed by atoms with Crippen LogP contribution in [0.2, 0.25) is 0 Å². The van der Waals surface area contributed by atoms with Crippen molar-refractivity contribution in [2.75, 3.05) is 21.3 Å². The van der Waals surface area contributed by atoms with Crippen LogP contribution in [0.15, 0.2) is 41.5 Å². The van der Waals surface area contributed by atoms with E-state index in [0.717, 1.165) is 10.9 Å². The second-order valence-corrected chi connectivity index (χ2v) is 19.6. The van der Waals surface area contributed by atoms with Crippen molar-refractivity contribution < 1.29 is 62.8 Å². The third-order valence-electron chi connectivity index (χ3n) is 14.7. The molecule has 358 valence electrons. The van der Waals surface area contributed by atoms with Crippen LogP contribution < -0.4 is 0 Å². The zero-order valence-electron chi connectivity index (χ0n) is 39.9. The fraction of sp³-hybridized carbons (Fsp3) is 0.750. The van der Waals surface area contributed by atoms with E-state index in [1.165, 1.54) is 14.0 Å². The summed E-state index contributed by atoms with van der Waals surface area (Å²) in [4.78, 5) is 40.1. The highest BCUT2D eigenvalue weighted by Crippen LogP contribution is 2.43. The fourth-order valence-corrected chi connectivity index (χ4v) is 10.4. The van der Waals surface area contributed by atoms with Crippen molar-refractivity contribution in [1.29, 1.82) is 0 Å². The van der Waals surface area contributed by atoms with Gasteiger partial charge in [0.2, 0.25) is 0 Å². The molecule has 0 unspecified atom stereocenters. The number of hydrogen-bond acceptors (Lipinski definition) is 15. The number of methoxy groups -OCH3 is 2. The molecule has 0 bridgehead atoms. The molecule has 16 heteroatoms. The molecule has 0 amide bonds. The van der Waals surface area contributed by atoms with Gasteiger partial charge in [0.25, 0.3) is 6.02 Å². The number of fused-ring (bicyclic) bond motifs is 2. The minimum Gasteiger partial charge on any atom is -0.459 e. The van der Waals surface area contributed by atoms with E-state index in [1.54, 1.807) is 47.9 Å². The number of Topliss-reactive ketones (excluding diaryl/α,β-unsaturated/α-hetero) is 1. The summed E-state index contributed by atoms with van der Waals surface area (Å²) in [6, 6.07) is 9.81. The van der Waals surface area contributed by atoms with Crippen LogP contribution in [0.5, 0.6) is 0 Å². The number of ether oxygens (including phenoxy) is 8. The van der Waals surface area contributed by atoms with Crippen molar-refractivity contribution in [2.24, 2.45) is 28.7 Å². The number of para-hydroxylation sites is 1. The molecule has 0 spiro atoms. The molecule has 3 N–H and O–H groups in total. The van der Waals surface area contributed by atoms with Crippen molar-refractivity contribution >= 4 is 34.4 Å². The Bertz CT molecular complexity index is 1960. The minimum absolute atomic E-state index is 0.0464. The van der Waals surface area contributed by atoms with Gasteiger partial charge in [0, 0.05) is 57.5 Å². The quantitative estimate of drug-likeness (QED) is 0.282. The summed E-state index contributed by atoms with van der Waals surface area (Å²) in [7, 11) is 5.02. The Hall–Kier alpha value is -3.32. The van der Waals surface area contributed by atoms with Crippen LogP contribution in [0, 0.1) is 23.7 Å². The molecule has 4 aliphatic rings. The molecular weight excluding hydrogens is 827 g/mol. The number of benzene rings is 1. The van der Waals surface area contributed by atoms with Crippen LogP contribution in [0.25, 0.3) is 10.9 Å². The maximum Gasteiger partial charge on any atom is 0.311 e. The highest BCUT2D eigenvalue weighted by molar-refractivity contribution is 5.92. The largest absolute Gasteiger partial charge is 0.459 e. The summed E-state index contributed by atoms with van der Waals surface area (Å²) in [5.41, 5.74) is -2.67. The molecule has 1 aromatic heterocycles. The first-order valence-corrected chi connectivity index (χ1v) is 22.9. The van der Waals surface area contributed by atoms with Gasteiger partial charge < -0.3 is 58.1 Å². The average molecular weight is 900 g/mol. The first-order valence-electron chi connectivity index (χ1n) is 22.9. The van der Waals surface area contributed by atoms with Crippen molar-refractivity contribution in [3.8, 4) is 0 Å². The Labute approximate surface area is 378 Å². The number of carbonyl (C=O) groups is 2. The van der Waals surface area contributed by atoms with E-state index in [-0.39, 0.29) is 43.6 Å². The standard InChI is InChI=1S/C48H73N3O13/c1-14-36-48(10,56)40(53)25(2)21-35(52)26(3)23-47(9,58-13)42(28(5)38(29(6)43(55)61-36)62-37-24-46(8,57-12)41(54)30(7)60-37)64-44-39-34(22-27(4)59-44)51(11)45(63-39)50-33-19-20-49-32-18-16-15-17-31(32)33/h15-20,25-30,34,36-42,44,53-54,56H,14,21-24H2,1-13H3/t25-,26+,27+,28-,29+,30-,34-,36+,37-,38-,39+,40+,41-,42+,44-,46+,47+,48+/m0/s1. The Kier molecular flexibility index (Phi) is 15.6. The van der Waals surface area contributed by atoms with E-state index < -0.39 is 102 Å². The van der Waals surface area contributed by atoms with E-state index in [1.807, 2.05) is 70.0 Å². The predicted molar refractivity (Wildman–Crippen MR) is 237 cm³/mol. The number of ketones is 1. The molecule has 6 rings (SSSR count). The number of cyclic esters (lactones) is 1. The smallest absolute Gasteiger partial charge is 0.311 e. The number of likely N-dealkylation sites (N-methyl/N-ethyl adjacent to an activating group) is 1. The van der Waals surface area contributed by atoms with Gasteiger partial charge in [-0.25, -0.2) is 0 Å². The van der Waals surface area contributed by atoms with E-state index in [4.69, 9.17) is 42.9 Å². The van der Waals surface area contributed by atoms with E-state index >= 15 is 0 Å². The molecule has 0 aliphatic carbocycles. The highest BCUT2D eigenvalue weighted by atomic mass is 16.7. The van der Waals surface area contributed by atoms with Crippen molar-refractivity contribution in [3.05, 3.63) is 36.5 Å². The van der Waals surface area contributed by atoms with Gasteiger partial charge in [-0.1, -0.05) is 45.9 Å². The summed E-state index contributed by atoms with van der Waals surface area (Å²) in [6.07, 6.45) is -6.26. The number of pyridine rings is 1.